The summed E-state index contributed by atoms with van der Waals surface area (Å²) < 4.78 is 5.55. The highest BCUT2D eigenvalue weighted by Crippen LogP contribution is 2.26. The van der Waals surface area contributed by atoms with Crippen molar-refractivity contribution in [3.05, 3.63) is 29.5 Å². The second-order valence-electron chi connectivity index (χ2n) is 6.69. The molecule has 2 aromatic heterocycles. The fourth-order valence-electron chi connectivity index (χ4n) is 2.85. The van der Waals surface area contributed by atoms with Gasteiger partial charge in [0.25, 0.3) is 0 Å². The number of anilines is 3. The normalized spacial score (nSPS) is 16.7. The van der Waals surface area contributed by atoms with E-state index in [4.69, 9.17) is 15.1 Å². The van der Waals surface area contributed by atoms with Gasteiger partial charge in [-0.1, -0.05) is 11.8 Å². The second-order valence-corrected chi connectivity index (χ2v) is 6.69. The van der Waals surface area contributed by atoms with Gasteiger partial charge in [0.2, 0.25) is 0 Å². The van der Waals surface area contributed by atoms with Gasteiger partial charge in [0.15, 0.2) is 0 Å². The Kier molecular flexibility index (Phi) is 6.06. The molecule has 0 aliphatic carbocycles. The van der Waals surface area contributed by atoms with Crippen LogP contribution < -0.4 is 10.2 Å². The number of nitrogens with one attached hydrogen (secondary N) is 3. The summed E-state index contributed by atoms with van der Waals surface area (Å²) in [4.78, 5) is 9.00. The molecule has 0 saturated carbocycles. The minimum atomic E-state index is 0.222. The molecular weight excluding hydrogens is 342 g/mol. The van der Waals surface area contributed by atoms with E-state index in [9.17, 15) is 0 Å². The van der Waals surface area contributed by atoms with E-state index in [0.29, 0.717) is 37.0 Å². The summed E-state index contributed by atoms with van der Waals surface area (Å²) in [7, 11) is 3.95. The van der Waals surface area contributed by atoms with Crippen LogP contribution in [0.1, 0.15) is 18.1 Å². The van der Waals surface area contributed by atoms with Crippen molar-refractivity contribution in [1.82, 2.24) is 20.1 Å². The molecule has 1 aliphatic rings. The van der Waals surface area contributed by atoms with Crippen molar-refractivity contribution in [2.75, 3.05) is 50.6 Å². The molecule has 3 rings (SSSR count). The number of hydrogen-bond donors (Lipinski definition) is 3. The topological polar surface area (TPSA) is 93.2 Å². The minimum absolute atomic E-state index is 0.222. The molecule has 8 heteroatoms. The number of nitrogens with zero attached hydrogens (tertiary/aromatic N) is 4. The zero-order valence-electron chi connectivity index (χ0n) is 15.9. The molecule has 2 aromatic rings. The van der Waals surface area contributed by atoms with E-state index in [0.717, 1.165) is 17.9 Å². The molecule has 1 aliphatic heterocycles. The molecular formula is C19H25N7O. The fourth-order valence-corrected chi connectivity index (χ4v) is 2.85. The van der Waals surface area contributed by atoms with Crippen LogP contribution in [0.5, 0.6) is 0 Å². The number of morpholine rings is 1. The smallest absolute Gasteiger partial charge is 0.144 e. The van der Waals surface area contributed by atoms with E-state index >= 15 is 0 Å². The van der Waals surface area contributed by atoms with Crippen LogP contribution in [0, 0.1) is 17.3 Å². The Hall–Kier alpha value is -2.89. The number of rotatable bonds is 5. The van der Waals surface area contributed by atoms with E-state index in [1.54, 1.807) is 6.20 Å². The highest BCUT2D eigenvalue weighted by atomic mass is 16.5. The molecule has 3 N–H and O–H groups in total. The van der Waals surface area contributed by atoms with Gasteiger partial charge in [0.1, 0.15) is 17.5 Å². The first kappa shape index (κ1) is 18.9. The van der Waals surface area contributed by atoms with Crippen LogP contribution >= 0.6 is 0 Å². The average molecular weight is 367 g/mol. The Morgan fingerprint density at radius 1 is 1.52 bits per heavy atom. The number of aromatic nitrogens is 3. The maximum Gasteiger partial charge on any atom is 0.144 e. The van der Waals surface area contributed by atoms with Crippen molar-refractivity contribution < 1.29 is 4.74 Å². The largest absolute Gasteiger partial charge is 0.377 e. The number of aromatic amines is 1. The van der Waals surface area contributed by atoms with Crippen molar-refractivity contribution >= 4 is 23.7 Å². The SMILES string of the molecule is C[C@@H]1COCCN1c1cc(C#CCN(C)C)c(C=N)c(Nc2ccn[nH]2)n1. The zero-order valence-corrected chi connectivity index (χ0v) is 15.9. The molecule has 0 bridgehead atoms. The minimum Gasteiger partial charge on any atom is -0.377 e. The molecule has 27 heavy (non-hydrogen) atoms. The molecule has 0 amide bonds. The van der Waals surface area contributed by atoms with E-state index in [2.05, 4.69) is 39.2 Å². The van der Waals surface area contributed by atoms with Gasteiger partial charge in [-0.2, -0.15) is 5.10 Å². The highest BCUT2D eigenvalue weighted by molar-refractivity contribution is 5.90. The summed E-state index contributed by atoms with van der Waals surface area (Å²) in [5.74, 6) is 8.48. The summed E-state index contributed by atoms with van der Waals surface area (Å²) in [5.41, 5.74) is 1.43. The van der Waals surface area contributed by atoms with Gasteiger partial charge in [0, 0.05) is 24.4 Å². The molecule has 1 fully saturated rings. The number of pyridine rings is 1. The third kappa shape index (κ3) is 4.64. The van der Waals surface area contributed by atoms with Gasteiger partial charge in [-0.25, -0.2) is 4.98 Å². The van der Waals surface area contributed by atoms with Crippen LogP contribution in [-0.2, 0) is 4.74 Å². The van der Waals surface area contributed by atoms with Crippen LogP contribution in [0.3, 0.4) is 0 Å². The van der Waals surface area contributed by atoms with Gasteiger partial charge in [0.05, 0.1) is 37.6 Å². The van der Waals surface area contributed by atoms with Crippen molar-refractivity contribution in [1.29, 1.82) is 5.41 Å². The first-order chi connectivity index (χ1) is 13.1. The maximum absolute atomic E-state index is 7.89. The first-order valence-corrected chi connectivity index (χ1v) is 8.88. The lowest BCUT2D eigenvalue weighted by atomic mass is 10.1. The van der Waals surface area contributed by atoms with Gasteiger partial charge in [-0.3, -0.25) is 10.00 Å². The van der Waals surface area contributed by atoms with Crippen molar-refractivity contribution in [3.8, 4) is 11.8 Å². The summed E-state index contributed by atoms with van der Waals surface area (Å²) in [5, 5.41) is 17.9. The predicted octanol–water partition coefficient (Wildman–Crippen LogP) is 1.68. The monoisotopic (exact) mass is 367 g/mol. The fraction of sp³-hybridized carbons (Fsp3) is 0.421. The number of H-pyrrole nitrogens is 1. The van der Waals surface area contributed by atoms with Crippen LogP contribution in [0.25, 0.3) is 0 Å². The zero-order chi connectivity index (χ0) is 19.2. The highest BCUT2D eigenvalue weighted by Gasteiger charge is 2.22. The Morgan fingerprint density at radius 2 is 2.37 bits per heavy atom. The molecule has 1 atom stereocenters. The summed E-state index contributed by atoms with van der Waals surface area (Å²) in [6, 6.07) is 4.00. The third-order valence-corrected chi connectivity index (χ3v) is 4.22. The Balaban J connectivity index is 2.04. The average Bonchev–Trinajstić information content (AvgIpc) is 3.14. The Bertz CT molecular complexity index is 836. The van der Waals surface area contributed by atoms with E-state index in [-0.39, 0.29) is 6.04 Å². The quantitative estimate of drug-likeness (QED) is 0.550. The van der Waals surface area contributed by atoms with Crippen LogP contribution in [0.2, 0.25) is 0 Å². The molecule has 142 valence electrons. The third-order valence-electron chi connectivity index (χ3n) is 4.22. The lowest BCUT2D eigenvalue weighted by Crippen LogP contribution is -2.44. The Morgan fingerprint density at radius 3 is 3.04 bits per heavy atom. The second kappa shape index (κ2) is 8.66. The van der Waals surface area contributed by atoms with Gasteiger partial charge in [-0.15, -0.1) is 0 Å². The van der Waals surface area contributed by atoms with Crippen molar-refractivity contribution in [2.24, 2.45) is 0 Å². The van der Waals surface area contributed by atoms with Crippen LogP contribution in [0.15, 0.2) is 18.3 Å². The molecule has 0 aromatic carbocycles. The summed E-state index contributed by atoms with van der Waals surface area (Å²) >= 11 is 0. The van der Waals surface area contributed by atoms with E-state index in [1.165, 1.54) is 6.21 Å². The van der Waals surface area contributed by atoms with Crippen LogP contribution in [0.4, 0.5) is 17.5 Å². The molecule has 1 saturated heterocycles. The lowest BCUT2D eigenvalue weighted by molar-refractivity contribution is 0.0985. The molecule has 0 unspecified atom stereocenters. The summed E-state index contributed by atoms with van der Waals surface area (Å²) in [6.45, 7) is 4.87. The molecule has 0 spiro atoms. The standard InChI is InChI=1S/C19H25N7O/c1-14-13-27-10-9-26(14)18-11-15(5-4-8-25(2)3)16(12-20)19(23-18)22-17-6-7-21-24-17/h6-7,11-12,14,20H,8-10,13H2,1-3H3,(H2,21,22,23,24)/t14-/m1/s1. The van der Waals surface area contributed by atoms with Crippen molar-refractivity contribution in [2.45, 2.75) is 13.0 Å². The van der Waals surface area contributed by atoms with Gasteiger partial charge < -0.3 is 20.4 Å². The van der Waals surface area contributed by atoms with Gasteiger partial charge >= 0.3 is 0 Å². The van der Waals surface area contributed by atoms with Crippen LogP contribution in [-0.4, -0.2) is 72.7 Å². The predicted molar refractivity (Wildman–Crippen MR) is 107 cm³/mol. The lowest BCUT2D eigenvalue weighted by Gasteiger charge is -2.34. The molecule has 0 radical (unpaired) electrons. The number of hydrogen-bond acceptors (Lipinski definition) is 7. The molecule has 8 nitrogen and oxygen atoms in total. The molecule has 3 heterocycles. The van der Waals surface area contributed by atoms with Crippen molar-refractivity contribution in [3.63, 3.8) is 0 Å². The van der Waals surface area contributed by atoms with E-state index < -0.39 is 0 Å². The summed E-state index contributed by atoms with van der Waals surface area (Å²) in [6.07, 6.45) is 2.95. The maximum atomic E-state index is 7.89. The van der Waals surface area contributed by atoms with E-state index in [1.807, 2.05) is 31.1 Å². The first-order valence-electron chi connectivity index (χ1n) is 8.88. The van der Waals surface area contributed by atoms with Gasteiger partial charge in [-0.05, 0) is 27.1 Å². The number of ether oxygens (including phenoxy) is 1. The Labute approximate surface area is 159 Å².